The Hall–Kier alpha value is -0.430. The van der Waals surface area contributed by atoms with Crippen molar-refractivity contribution in [2.75, 3.05) is 12.3 Å². The number of hydrogen-bond acceptors (Lipinski definition) is 4. The van der Waals surface area contributed by atoms with Crippen LogP contribution < -0.4 is 10.0 Å². The largest absolute Gasteiger partial charge is 0.313 e. The highest BCUT2D eigenvalue weighted by Crippen LogP contribution is 2.33. The molecule has 0 aromatic carbocycles. The number of rotatable bonds is 4. The number of nitrogens with one attached hydrogen (secondary N) is 2. The number of sulfonamides is 1. The highest BCUT2D eigenvalue weighted by atomic mass is 32.2. The van der Waals surface area contributed by atoms with E-state index in [0.29, 0.717) is 0 Å². The maximum Gasteiger partial charge on any atom is 0.213 e. The van der Waals surface area contributed by atoms with Crippen molar-refractivity contribution in [3.63, 3.8) is 0 Å². The zero-order chi connectivity index (χ0) is 13.3. The molecular formula is C13H20N2O2S2. The van der Waals surface area contributed by atoms with Crippen LogP contribution in [-0.2, 0) is 16.4 Å². The first-order valence-corrected chi connectivity index (χ1v) is 9.47. The zero-order valence-electron chi connectivity index (χ0n) is 10.9. The summed E-state index contributed by atoms with van der Waals surface area (Å²) in [5.74, 6) is 0.211. The van der Waals surface area contributed by atoms with Gasteiger partial charge in [-0.3, -0.25) is 0 Å². The molecule has 1 aromatic heterocycles. The summed E-state index contributed by atoms with van der Waals surface area (Å²) in [7, 11) is -3.19. The Balaban J connectivity index is 1.68. The fourth-order valence-electron chi connectivity index (χ4n) is 3.04. The molecule has 2 N–H and O–H groups in total. The number of hydrogen-bond donors (Lipinski definition) is 2. The molecule has 0 radical (unpaired) electrons. The summed E-state index contributed by atoms with van der Waals surface area (Å²) in [4.78, 5) is 1.35. The van der Waals surface area contributed by atoms with Crippen molar-refractivity contribution in [2.45, 2.75) is 44.2 Å². The average molecular weight is 300 g/mol. The van der Waals surface area contributed by atoms with Crippen molar-refractivity contribution in [1.82, 2.24) is 10.0 Å². The van der Waals surface area contributed by atoms with E-state index in [1.807, 2.05) is 0 Å². The quantitative estimate of drug-likeness (QED) is 0.891. The van der Waals surface area contributed by atoms with Gasteiger partial charge in [0.15, 0.2) is 0 Å². The summed E-state index contributed by atoms with van der Waals surface area (Å²) >= 11 is 1.74. The van der Waals surface area contributed by atoms with Gasteiger partial charge >= 0.3 is 0 Å². The fourth-order valence-corrected chi connectivity index (χ4v) is 5.61. The minimum absolute atomic E-state index is 0.0126. The Bertz CT molecular complexity index is 533. The van der Waals surface area contributed by atoms with Crippen LogP contribution in [0.1, 0.15) is 42.2 Å². The van der Waals surface area contributed by atoms with Crippen molar-refractivity contribution in [3.05, 3.63) is 21.9 Å². The monoisotopic (exact) mass is 300 g/mol. The van der Waals surface area contributed by atoms with Gasteiger partial charge in [-0.15, -0.1) is 11.3 Å². The molecule has 1 aromatic rings. The third-order valence-corrected chi connectivity index (χ3v) is 6.44. The number of thiophene rings is 1. The van der Waals surface area contributed by atoms with Crippen molar-refractivity contribution >= 4 is 21.4 Å². The van der Waals surface area contributed by atoms with E-state index < -0.39 is 10.0 Å². The highest BCUT2D eigenvalue weighted by molar-refractivity contribution is 7.89. The first-order chi connectivity index (χ1) is 9.14. The topological polar surface area (TPSA) is 58.2 Å². The van der Waals surface area contributed by atoms with Crippen molar-refractivity contribution in [3.8, 4) is 0 Å². The van der Waals surface area contributed by atoms with Gasteiger partial charge in [0, 0.05) is 17.0 Å². The van der Waals surface area contributed by atoms with E-state index in [9.17, 15) is 8.42 Å². The highest BCUT2D eigenvalue weighted by Gasteiger charge is 2.28. The number of aryl methyl sites for hydroxylation is 1. The Morgan fingerprint density at radius 2 is 2.26 bits per heavy atom. The molecule has 3 rings (SSSR count). The molecule has 0 bridgehead atoms. The predicted octanol–water partition coefficient (Wildman–Crippen LogP) is 1.80. The van der Waals surface area contributed by atoms with Gasteiger partial charge in [-0.2, -0.15) is 0 Å². The maximum absolute atomic E-state index is 12.2. The lowest BCUT2D eigenvalue weighted by atomic mass is 9.95. The molecule has 0 saturated carbocycles. The predicted molar refractivity (Wildman–Crippen MR) is 77.9 cm³/mol. The fraction of sp³-hybridized carbons (Fsp3) is 0.692. The lowest BCUT2D eigenvalue weighted by Crippen LogP contribution is -2.38. The van der Waals surface area contributed by atoms with E-state index in [-0.39, 0.29) is 17.8 Å². The first-order valence-electron chi connectivity index (χ1n) is 6.94. The van der Waals surface area contributed by atoms with Crippen LogP contribution in [0.3, 0.4) is 0 Å². The molecule has 19 heavy (non-hydrogen) atoms. The van der Waals surface area contributed by atoms with E-state index in [2.05, 4.69) is 21.5 Å². The van der Waals surface area contributed by atoms with Gasteiger partial charge in [-0.25, -0.2) is 13.1 Å². The van der Waals surface area contributed by atoms with Crippen LogP contribution in [0.4, 0.5) is 0 Å². The lowest BCUT2D eigenvalue weighted by Gasteiger charge is -2.24. The smallest absolute Gasteiger partial charge is 0.213 e. The van der Waals surface area contributed by atoms with E-state index in [1.165, 1.54) is 10.4 Å². The maximum atomic E-state index is 12.2. The third-order valence-electron chi connectivity index (χ3n) is 3.96. The van der Waals surface area contributed by atoms with Crippen molar-refractivity contribution in [1.29, 1.82) is 0 Å². The second kappa shape index (κ2) is 5.52. The van der Waals surface area contributed by atoms with Gasteiger partial charge in [0.1, 0.15) is 0 Å². The molecule has 4 nitrogen and oxygen atoms in total. The molecule has 1 aliphatic carbocycles. The summed E-state index contributed by atoms with van der Waals surface area (Å²) in [6.07, 6.45) is 5.13. The SMILES string of the molecule is O=S(=O)(CC1CCCN1)NC1CCCc2sccc21. The second-order valence-electron chi connectivity index (χ2n) is 5.44. The van der Waals surface area contributed by atoms with Crippen LogP contribution in [-0.4, -0.2) is 26.8 Å². The molecule has 2 atom stereocenters. The van der Waals surface area contributed by atoms with Crippen LogP contribution in [0.5, 0.6) is 0 Å². The molecular weight excluding hydrogens is 280 g/mol. The molecule has 6 heteroatoms. The van der Waals surface area contributed by atoms with Gasteiger partial charge < -0.3 is 5.32 Å². The van der Waals surface area contributed by atoms with E-state index in [0.717, 1.165) is 38.6 Å². The summed E-state index contributed by atoms with van der Waals surface area (Å²) in [5, 5.41) is 5.31. The Morgan fingerprint density at radius 1 is 1.37 bits per heavy atom. The second-order valence-corrected chi connectivity index (χ2v) is 8.24. The van der Waals surface area contributed by atoms with E-state index >= 15 is 0 Å². The molecule has 2 aliphatic rings. The first kappa shape index (κ1) is 13.5. The normalized spacial score (nSPS) is 27.4. The standard InChI is InChI=1S/C13H20N2O2S2/c16-19(17,9-10-3-2-7-14-10)15-12-4-1-5-13-11(12)6-8-18-13/h6,8,10,12,14-15H,1-5,7,9H2. The molecule has 1 saturated heterocycles. The van der Waals surface area contributed by atoms with Crippen LogP contribution in [0.2, 0.25) is 0 Å². The minimum Gasteiger partial charge on any atom is -0.313 e. The molecule has 2 unspecified atom stereocenters. The van der Waals surface area contributed by atoms with Gasteiger partial charge in [-0.05, 0) is 55.7 Å². The van der Waals surface area contributed by atoms with E-state index in [4.69, 9.17) is 0 Å². The van der Waals surface area contributed by atoms with Gasteiger partial charge in [0.2, 0.25) is 10.0 Å². The minimum atomic E-state index is -3.19. The molecule has 1 fully saturated rings. The van der Waals surface area contributed by atoms with Gasteiger partial charge in [0.05, 0.1) is 5.75 Å². The Kier molecular flexibility index (Phi) is 3.93. The third kappa shape index (κ3) is 3.18. The summed E-state index contributed by atoms with van der Waals surface area (Å²) in [6.45, 7) is 0.943. The van der Waals surface area contributed by atoms with Crippen molar-refractivity contribution in [2.24, 2.45) is 0 Å². The summed E-state index contributed by atoms with van der Waals surface area (Å²) < 4.78 is 27.4. The van der Waals surface area contributed by atoms with Crippen LogP contribution in [0.15, 0.2) is 11.4 Å². The van der Waals surface area contributed by atoms with Crippen molar-refractivity contribution < 1.29 is 8.42 Å². The average Bonchev–Trinajstić information content (AvgIpc) is 2.98. The Labute approximate surface area is 118 Å². The summed E-state index contributed by atoms with van der Waals surface area (Å²) in [5.41, 5.74) is 1.19. The number of fused-ring (bicyclic) bond motifs is 1. The van der Waals surface area contributed by atoms with Crippen LogP contribution in [0.25, 0.3) is 0 Å². The summed E-state index contributed by atoms with van der Waals surface area (Å²) in [6, 6.07) is 2.18. The molecule has 106 valence electrons. The molecule has 1 aliphatic heterocycles. The zero-order valence-corrected chi connectivity index (χ0v) is 12.5. The molecule has 2 heterocycles. The van der Waals surface area contributed by atoms with Crippen LogP contribution in [0, 0.1) is 0 Å². The lowest BCUT2D eigenvalue weighted by molar-refractivity contribution is 0.505. The molecule has 0 amide bonds. The van der Waals surface area contributed by atoms with Crippen LogP contribution >= 0.6 is 11.3 Å². The van der Waals surface area contributed by atoms with E-state index in [1.54, 1.807) is 11.3 Å². The Morgan fingerprint density at radius 3 is 3.05 bits per heavy atom. The molecule has 0 spiro atoms. The van der Waals surface area contributed by atoms with Gasteiger partial charge in [0.25, 0.3) is 0 Å². The van der Waals surface area contributed by atoms with Gasteiger partial charge in [-0.1, -0.05) is 0 Å².